The van der Waals surface area contributed by atoms with E-state index in [9.17, 15) is 9.59 Å². The molecule has 3 rings (SSSR count). The van der Waals surface area contributed by atoms with Crippen LogP contribution in [0, 0.1) is 6.92 Å². The van der Waals surface area contributed by atoms with E-state index in [1.807, 2.05) is 66.4 Å². The average Bonchev–Trinajstić information content (AvgIpc) is 2.62. The van der Waals surface area contributed by atoms with Crippen molar-refractivity contribution in [1.29, 1.82) is 0 Å². The third-order valence-corrected chi connectivity index (χ3v) is 4.35. The number of piperazine rings is 1. The molecule has 25 heavy (non-hydrogen) atoms. The van der Waals surface area contributed by atoms with Crippen LogP contribution in [0.4, 0.5) is 5.69 Å². The molecule has 2 aromatic carbocycles. The molecule has 2 aromatic rings. The molecule has 0 radical (unpaired) electrons. The third kappa shape index (κ3) is 4.67. The largest absolute Gasteiger partial charge is 0.336 e. The van der Waals surface area contributed by atoms with E-state index >= 15 is 0 Å². The van der Waals surface area contributed by atoms with Gasteiger partial charge in [0.2, 0.25) is 5.91 Å². The van der Waals surface area contributed by atoms with Crippen molar-refractivity contribution in [1.82, 2.24) is 9.80 Å². The summed E-state index contributed by atoms with van der Waals surface area (Å²) in [5.74, 6) is 0.0433. The first kappa shape index (κ1) is 17.2. The molecule has 5 heteroatoms. The van der Waals surface area contributed by atoms with Gasteiger partial charge in [-0.2, -0.15) is 0 Å². The van der Waals surface area contributed by atoms with E-state index in [-0.39, 0.29) is 11.8 Å². The molecule has 0 atom stereocenters. The van der Waals surface area contributed by atoms with Gasteiger partial charge in [-0.15, -0.1) is 0 Å². The van der Waals surface area contributed by atoms with Crippen molar-refractivity contribution in [3.05, 3.63) is 65.7 Å². The lowest BCUT2D eigenvalue weighted by Crippen LogP contribution is -2.50. The number of amides is 2. The number of benzene rings is 2. The van der Waals surface area contributed by atoms with Gasteiger partial charge in [0.1, 0.15) is 0 Å². The lowest BCUT2D eigenvalue weighted by atomic mass is 10.1. The smallest absolute Gasteiger partial charge is 0.253 e. The molecule has 0 saturated carbocycles. The zero-order valence-electron chi connectivity index (χ0n) is 14.4. The Kier molecular flexibility index (Phi) is 5.46. The Morgan fingerprint density at radius 1 is 0.960 bits per heavy atom. The monoisotopic (exact) mass is 337 g/mol. The van der Waals surface area contributed by atoms with E-state index in [4.69, 9.17) is 0 Å². The second-order valence-corrected chi connectivity index (χ2v) is 6.35. The van der Waals surface area contributed by atoms with Crippen LogP contribution in [-0.4, -0.2) is 54.3 Å². The molecule has 0 bridgehead atoms. The summed E-state index contributed by atoms with van der Waals surface area (Å²) in [6.45, 7) is 5.04. The highest BCUT2D eigenvalue weighted by Gasteiger charge is 2.23. The molecule has 1 fully saturated rings. The van der Waals surface area contributed by atoms with Crippen molar-refractivity contribution in [3.8, 4) is 0 Å². The van der Waals surface area contributed by atoms with Crippen molar-refractivity contribution in [2.75, 3.05) is 38.0 Å². The molecule has 1 heterocycles. The second kappa shape index (κ2) is 7.94. The first-order chi connectivity index (χ1) is 12.1. The van der Waals surface area contributed by atoms with E-state index in [1.54, 1.807) is 0 Å². The minimum Gasteiger partial charge on any atom is -0.336 e. The second-order valence-electron chi connectivity index (χ2n) is 6.35. The van der Waals surface area contributed by atoms with E-state index in [2.05, 4.69) is 10.2 Å². The number of aryl methyl sites for hydroxylation is 1. The first-order valence-corrected chi connectivity index (χ1v) is 8.55. The van der Waals surface area contributed by atoms with Gasteiger partial charge in [0, 0.05) is 37.4 Å². The Morgan fingerprint density at radius 2 is 1.68 bits per heavy atom. The number of hydrogen-bond acceptors (Lipinski definition) is 3. The molecule has 0 spiro atoms. The van der Waals surface area contributed by atoms with Crippen LogP contribution in [0.25, 0.3) is 0 Å². The summed E-state index contributed by atoms with van der Waals surface area (Å²) in [6, 6.07) is 17.1. The number of nitrogens with zero attached hydrogens (tertiary/aromatic N) is 2. The zero-order valence-corrected chi connectivity index (χ0v) is 14.4. The maximum absolute atomic E-state index is 12.6. The van der Waals surface area contributed by atoms with Crippen molar-refractivity contribution in [3.63, 3.8) is 0 Å². The summed E-state index contributed by atoms with van der Waals surface area (Å²) in [5.41, 5.74) is 2.62. The number of para-hydroxylation sites is 1. The molecule has 0 unspecified atom stereocenters. The minimum atomic E-state index is -0.0235. The quantitative estimate of drug-likeness (QED) is 0.932. The van der Waals surface area contributed by atoms with Crippen LogP contribution in [0.5, 0.6) is 0 Å². The van der Waals surface area contributed by atoms with Gasteiger partial charge in [0.15, 0.2) is 0 Å². The van der Waals surface area contributed by atoms with Crippen LogP contribution in [0.3, 0.4) is 0 Å². The Bertz CT molecular complexity index is 738. The molecule has 130 valence electrons. The van der Waals surface area contributed by atoms with Crippen molar-refractivity contribution < 1.29 is 9.59 Å². The van der Waals surface area contributed by atoms with Crippen LogP contribution in [0.1, 0.15) is 15.9 Å². The Hall–Kier alpha value is -2.66. The normalized spacial score (nSPS) is 15.0. The lowest BCUT2D eigenvalue weighted by molar-refractivity contribution is -0.117. The van der Waals surface area contributed by atoms with E-state index < -0.39 is 0 Å². The highest BCUT2D eigenvalue weighted by molar-refractivity contribution is 5.94. The summed E-state index contributed by atoms with van der Waals surface area (Å²) >= 11 is 0. The van der Waals surface area contributed by atoms with E-state index in [0.717, 1.165) is 16.8 Å². The number of carbonyl (C=O) groups is 2. The molecule has 1 aliphatic rings. The van der Waals surface area contributed by atoms with Gasteiger partial charge < -0.3 is 10.2 Å². The van der Waals surface area contributed by atoms with Gasteiger partial charge in [-0.05, 0) is 31.2 Å². The molecule has 1 N–H and O–H groups in total. The molecule has 0 aromatic heterocycles. The van der Waals surface area contributed by atoms with Crippen molar-refractivity contribution in [2.45, 2.75) is 6.92 Å². The number of nitrogens with one attached hydrogen (secondary N) is 1. The van der Waals surface area contributed by atoms with Gasteiger partial charge in [0.25, 0.3) is 5.91 Å². The summed E-state index contributed by atoms with van der Waals surface area (Å²) in [5, 5.41) is 2.89. The number of carbonyl (C=O) groups excluding carboxylic acids is 2. The maximum atomic E-state index is 12.6. The van der Waals surface area contributed by atoms with Crippen LogP contribution in [0.15, 0.2) is 54.6 Å². The first-order valence-electron chi connectivity index (χ1n) is 8.55. The molecular weight excluding hydrogens is 314 g/mol. The molecule has 1 saturated heterocycles. The van der Waals surface area contributed by atoms with Crippen molar-refractivity contribution in [2.24, 2.45) is 0 Å². The molecule has 0 aliphatic carbocycles. The fraction of sp³-hybridized carbons (Fsp3) is 0.300. The lowest BCUT2D eigenvalue weighted by Gasteiger charge is -2.34. The van der Waals surface area contributed by atoms with Gasteiger partial charge in [-0.3, -0.25) is 14.5 Å². The van der Waals surface area contributed by atoms with Crippen LogP contribution in [-0.2, 0) is 4.79 Å². The van der Waals surface area contributed by atoms with Crippen LogP contribution < -0.4 is 5.32 Å². The van der Waals surface area contributed by atoms with Crippen LogP contribution in [0.2, 0.25) is 0 Å². The van der Waals surface area contributed by atoms with Crippen LogP contribution >= 0.6 is 0 Å². The predicted octanol–water partition coefficient (Wildman–Crippen LogP) is 2.39. The molecular formula is C20H23N3O2. The van der Waals surface area contributed by atoms with Gasteiger partial charge >= 0.3 is 0 Å². The standard InChI is InChI=1S/C20H23N3O2/c1-16-6-5-7-17(14-16)20(25)23-12-10-22(11-13-23)15-19(24)21-18-8-3-2-4-9-18/h2-9,14H,10-13,15H2,1H3,(H,21,24). The van der Waals surface area contributed by atoms with E-state index in [0.29, 0.717) is 32.7 Å². The summed E-state index contributed by atoms with van der Waals surface area (Å²) in [7, 11) is 0. The fourth-order valence-corrected chi connectivity index (χ4v) is 2.99. The minimum absolute atomic E-state index is 0.0235. The van der Waals surface area contributed by atoms with Gasteiger partial charge in [0.05, 0.1) is 6.54 Å². The molecule has 5 nitrogen and oxygen atoms in total. The molecule has 2 amide bonds. The fourth-order valence-electron chi connectivity index (χ4n) is 2.99. The summed E-state index contributed by atoms with van der Waals surface area (Å²) in [6.07, 6.45) is 0. The Balaban J connectivity index is 1.48. The summed E-state index contributed by atoms with van der Waals surface area (Å²) < 4.78 is 0. The van der Waals surface area contributed by atoms with Gasteiger partial charge in [-0.25, -0.2) is 0 Å². The number of hydrogen-bond donors (Lipinski definition) is 1. The Morgan fingerprint density at radius 3 is 2.36 bits per heavy atom. The average molecular weight is 337 g/mol. The zero-order chi connectivity index (χ0) is 17.6. The predicted molar refractivity (Wildman–Crippen MR) is 98.6 cm³/mol. The number of anilines is 1. The summed E-state index contributed by atoms with van der Waals surface area (Å²) in [4.78, 5) is 28.6. The third-order valence-electron chi connectivity index (χ3n) is 4.35. The SMILES string of the molecule is Cc1cccc(C(=O)N2CCN(CC(=O)Nc3ccccc3)CC2)c1. The topological polar surface area (TPSA) is 52.7 Å². The Labute approximate surface area is 148 Å². The highest BCUT2D eigenvalue weighted by Crippen LogP contribution is 2.11. The molecule has 1 aliphatic heterocycles. The van der Waals surface area contributed by atoms with E-state index in [1.165, 1.54) is 0 Å². The highest BCUT2D eigenvalue weighted by atomic mass is 16.2. The number of rotatable bonds is 4. The van der Waals surface area contributed by atoms with Crippen molar-refractivity contribution >= 4 is 17.5 Å². The van der Waals surface area contributed by atoms with Gasteiger partial charge in [-0.1, -0.05) is 35.9 Å². The maximum Gasteiger partial charge on any atom is 0.253 e.